The summed E-state index contributed by atoms with van der Waals surface area (Å²) in [5.41, 5.74) is 7.04. The first-order valence-corrected chi connectivity index (χ1v) is 4.89. The molecule has 0 aliphatic carbocycles. The Morgan fingerprint density at radius 3 is 2.54 bits per heavy atom. The van der Waals surface area contributed by atoms with Crippen LogP contribution in [0.25, 0.3) is 0 Å². The van der Waals surface area contributed by atoms with Gasteiger partial charge in [-0.25, -0.2) is 0 Å². The summed E-state index contributed by atoms with van der Waals surface area (Å²) in [6.07, 6.45) is 1.09. The molecule has 1 aliphatic heterocycles. The van der Waals surface area contributed by atoms with Crippen molar-refractivity contribution in [3.8, 4) is 0 Å². The van der Waals surface area contributed by atoms with Crippen molar-refractivity contribution in [1.29, 1.82) is 0 Å². The Balaban J connectivity index is 2.13. The molecule has 0 saturated carbocycles. The van der Waals surface area contributed by atoms with Gasteiger partial charge >= 0.3 is 0 Å². The van der Waals surface area contributed by atoms with Crippen LogP contribution in [-0.4, -0.2) is 19.1 Å². The third kappa shape index (κ3) is 1.95. The molecule has 2 N–H and O–H groups in total. The van der Waals surface area contributed by atoms with Gasteiger partial charge < -0.3 is 10.6 Å². The second-order valence-electron chi connectivity index (χ2n) is 3.47. The minimum absolute atomic E-state index is 0.329. The number of benzene rings is 1. The minimum atomic E-state index is 0.329. The van der Waals surface area contributed by atoms with Gasteiger partial charge in [0.1, 0.15) is 0 Å². The molecule has 1 atom stereocenters. The maximum atomic E-state index is 5.82. The molecule has 1 heterocycles. The maximum Gasteiger partial charge on any atom is 0.0407 e. The van der Waals surface area contributed by atoms with Crippen LogP contribution in [0.15, 0.2) is 24.3 Å². The van der Waals surface area contributed by atoms with Crippen LogP contribution in [0.3, 0.4) is 0 Å². The van der Waals surface area contributed by atoms with Crippen molar-refractivity contribution in [3.63, 3.8) is 0 Å². The average Bonchev–Trinajstić information content (AvgIpc) is 2.53. The van der Waals surface area contributed by atoms with E-state index in [0.717, 1.165) is 24.5 Å². The van der Waals surface area contributed by atoms with E-state index in [4.69, 9.17) is 17.3 Å². The Morgan fingerprint density at radius 2 is 2.00 bits per heavy atom. The van der Waals surface area contributed by atoms with Crippen LogP contribution < -0.4 is 10.6 Å². The lowest BCUT2D eigenvalue weighted by Gasteiger charge is -2.17. The van der Waals surface area contributed by atoms with Gasteiger partial charge in [-0.3, -0.25) is 0 Å². The summed E-state index contributed by atoms with van der Waals surface area (Å²) >= 11 is 5.80. The van der Waals surface area contributed by atoms with E-state index >= 15 is 0 Å². The van der Waals surface area contributed by atoms with E-state index in [0.29, 0.717) is 6.04 Å². The molecule has 3 heteroatoms. The van der Waals surface area contributed by atoms with Crippen molar-refractivity contribution in [2.24, 2.45) is 5.73 Å². The van der Waals surface area contributed by atoms with Crippen LogP contribution in [0, 0.1) is 0 Å². The largest absolute Gasteiger partial charge is 0.370 e. The fourth-order valence-corrected chi connectivity index (χ4v) is 1.80. The molecule has 0 aromatic heterocycles. The van der Waals surface area contributed by atoms with Crippen molar-refractivity contribution in [2.75, 3.05) is 18.0 Å². The number of anilines is 1. The van der Waals surface area contributed by atoms with Gasteiger partial charge in [-0.1, -0.05) is 11.6 Å². The molecule has 0 bridgehead atoms. The molecule has 1 fully saturated rings. The van der Waals surface area contributed by atoms with Gasteiger partial charge in [0.2, 0.25) is 0 Å². The first-order valence-electron chi connectivity index (χ1n) is 4.52. The zero-order chi connectivity index (χ0) is 9.26. The second kappa shape index (κ2) is 3.56. The quantitative estimate of drug-likeness (QED) is 0.743. The fourth-order valence-electron chi connectivity index (χ4n) is 1.67. The first kappa shape index (κ1) is 8.85. The van der Waals surface area contributed by atoms with Gasteiger partial charge in [-0.15, -0.1) is 0 Å². The van der Waals surface area contributed by atoms with Crippen LogP contribution in [0.1, 0.15) is 6.42 Å². The highest BCUT2D eigenvalue weighted by Gasteiger charge is 2.18. The third-order valence-electron chi connectivity index (χ3n) is 2.42. The van der Waals surface area contributed by atoms with Crippen LogP contribution in [-0.2, 0) is 0 Å². The lowest BCUT2D eigenvalue weighted by molar-refractivity contribution is 0.752. The number of rotatable bonds is 1. The lowest BCUT2D eigenvalue weighted by atomic mass is 10.3. The van der Waals surface area contributed by atoms with Crippen molar-refractivity contribution in [2.45, 2.75) is 12.5 Å². The molecule has 1 aliphatic rings. The average molecular weight is 197 g/mol. The Bertz CT molecular complexity index is 283. The normalized spacial score (nSPS) is 22.3. The maximum absolute atomic E-state index is 5.82. The van der Waals surface area contributed by atoms with Crippen molar-refractivity contribution in [3.05, 3.63) is 29.3 Å². The van der Waals surface area contributed by atoms with E-state index in [1.165, 1.54) is 5.69 Å². The summed E-state index contributed by atoms with van der Waals surface area (Å²) in [6, 6.07) is 8.25. The van der Waals surface area contributed by atoms with Crippen molar-refractivity contribution in [1.82, 2.24) is 0 Å². The number of nitrogens with two attached hydrogens (primary N) is 1. The van der Waals surface area contributed by atoms with Crippen LogP contribution >= 0.6 is 11.6 Å². The molecule has 1 aromatic carbocycles. The molecule has 0 unspecified atom stereocenters. The summed E-state index contributed by atoms with van der Waals surface area (Å²) in [4.78, 5) is 2.29. The smallest absolute Gasteiger partial charge is 0.0407 e. The van der Waals surface area contributed by atoms with Gasteiger partial charge in [0, 0.05) is 29.8 Å². The standard InChI is InChI=1S/C10H13ClN2/c11-8-1-3-10(4-2-8)13-6-5-9(12)7-13/h1-4,9H,5-7,12H2/t9-/m0/s1. The molecule has 0 amide bonds. The predicted molar refractivity (Wildman–Crippen MR) is 56.3 cm³/mol. The monoisotopic (exact) mass is 196 g/mol. The van der Waals surface area contributed by atoms with E-state index in [-0.39, 0.29) is 0 Å². The van der Waals surface area contributed by atoms with Gasteiger partial charge in [-0.2, -0.15) is 0 Å². The number of hydrogen-bond donors (Lipinski definition) is 1. The van der Waals surface area contributed by atoms with E-state index in [1.54, 1.807) is 0 Å². The Labute approximate surface area is 83.3 Å². The zero-order valence-corrected chi connectivity index (χ0v) is 8.17. The molecule has 1 saturated heterocycles. The Kier molecular flexibility index (Phi) is 2.42. The molecule has 1 aromatic rings. The van der Waals surface area contributed by atoms with E-state index in [1.807, 2.05) is 24.3 Å². The minimum Gasteiger partial charge on any atom is -0.370 e. The highest BCUT2D eigenvalue weighted by molar-refractivity contribution is 6.30. The molecule has 2 rings (SSSR count). The van der Waals surface area contributed by atoms with E-state index in [9.17, 15) is 0 Å². The lowest BCUT2D eigenvalue weighted by Crippen LogP contribution is -2.26. The van der Waals surface area contributed by atoms with E-state index in [2.05, 4.69) is 4.90 Å². The van der Waals surface area contributed by atoms with Gasteiger partial charge in [-0.05, 0) is 30.7 Å². The Hall–Kier alpha value is -0.730. The number of nitrogens with zero attached hydrogens (tertiary/aromatic N) is 1. The highest BCUT2D eigenvalue weighted by atomic mass is 35.5. The molecule has 70 valence electrons. The van der Waals surface area contributed by atoms with Crippen LogP contribution in [0.2, 0.25) is 5.02 Å². The van der Waals surface area contributed by atoms with Gasteiger partial charge in [0.25, 0.3) is 0 Å². The summed E-state index contributed by atoms with van der Waals surface area (Å²) in [7, 11) is 0. The van der Waals surface area contributed by atoms with Crippen molar-refractivity contribution < 1.29 is 0 Å². The topological polar surface area (TPSA) is 29.3 Å². The van der Waals surface area contributed by atoms with Crippen LogP contribution in [0.5, 0.6) is 0 Å². The molecular formula is C10H13ClN2. The SMILES string of the molecule is N[C@H]1CCN(c2ccc(Cl)cc2)C1. The highest BCUT2D eigenvalue weighted by Crippen LogP contribution is 2.21. The molecule has 2 nitrogen and oxygen atoms in total. The molecule has 0 radical (unpaired) electrons. The molecule has 0 spiro atoms. The summed E-state index contributed by atoms with van der Waals surface area (Å²) in [5, 5.41) is 0.784. The van der Waals surface area contributed by atoms with Gasteiger partial charge in [0.15, 0.2) is 0 Å². The van der Waals surface area contributed by atoms with Crippen LogP contribution in [0.4, 0.5) is 5.69 Å². The second-order valence-corrected chi connectivity index (χ2v) is 3.91. The predicted octanol–water partition coefficient (Wildman–Crippen LogP) is 1.88. The molecular weight excluding hydrogens is 184 g/mol. The van der Waals surface area contributed by atoms with Crippen molar-refractivity contribution >= 4 is 17.3 Å². The van der Waals surface area contributed by atoms with E-state index < -0.39 is 0 Å². The summed E-state index contributed by atoms with van der Waals surface area (Å²) < 4.78 is 0. The Morgan fingerprint density at radius 1 is 1.31 bits per heavy atom. The molecule has 13 heavy (non-hydrogen) atoms. The fraction of sp³-hybridized carbons (Fsp3) is 0.400. The number of halogens is 1. The number of hydrogen-bond acceptors (Lipinski definition) is 2. The summed E-state index contributed by atoms with van der Waals surface area (Å²) in [5.74, 6) is 0. The van der Waals surface area contributed by atoms with Gasteiger partial charge in [0.05, 0.1) is 0 Å². The third-order valence-corrected chi connectivity index (χ3v) is 2.67. The summed E-state index contributed by atoms with van der Waals surface area (Å²) in [6.45, 7) is 2.02. The first-order chi connectivity index (χ1) is 6.25. The zero-order valence-electron chi connectivity index (χ0n) is 7.41.